The van der Waals surface area contributed by atoms with Gasteiger partial charge in [-0.3, -0.25) is 18.7 Å². The maximum atomic E-state index is 14.1. The number of para-hydroxylation sites is 1. The molecule has 6 rings (SSSR count). The Kier molecular flexibility index (Phi) is 10.7. The van der Waals surface area contributed by atoms with Crippen molar-refractivity contribution in [3.8, 4) is 22.6 Å². The molecule has 0 saturated carbocycles. The fourth-order valence-electron chi connectivity index (χ4n) is 5.98. The highest BCUT2D eigenvalue weighted by Gasteiger charge is 2.23. The molecule has 2 aromatic heterocycles. The van der Waals surface area contributed by atoms with Crippen LogP contribution in [0.5, 0.6) is 0 Å². The highest BCUT2D eigenvalue weighted by Crippen LogP contribution is 2.31. The zero-order valence-electron chi connectivity index (χ0n) is 29.7. The van der Waals surface area contributed by atoms with Crippen LogP contribution in [0.25, 0.3) is 39.4 Å². The average molecular weight is 732 g/mol. The van der Waals surface area contributed by atoms with Gasteiger partial charge in [0.05, 0.1) is 17.4 Å². The van der Waals surface area contributed by atoms with Crippen LogP contribution in [0.4, 0.5) is 5.69 Å². The van der Waals surface area contributed by atoms with E-state index < -0.39 is 33.3 Å². The molecule has 0 saturated heterocycles. The number of ether oxygens (including phenoxy) is 1. The Labute approximate surface area is 308 Å². The number of benzene rings is 4. The van der Waals surface area contributed by atoms with E-state index in [1.54, 1.807) is 24.3 Å². The molecule has 10 nitrogen and oxygen atoms in total. The largest absolute Gasteiger partial charge is 0.473 e. The van der Waals surface area contributed by atoms with Gasteiger partial charge < -0.3 is 19.8 Å². The van der Waals surface area contributed by atoms with Gasteiger partial charge in [-0.25, -0.2) is 0 Å². The minimum atomic E-state index is -4.20. The number of fused-ring (bicyclic) bond motifs is 1. The summed E-state index contributed by atoms with van der Waals surface area (Å²) in [5, 5.41) is 6.58. The van der Waals surface area contributed by atoms with Crippen LogP contribution in [0.1, 0.15) is 48.2 Å². The van der Waals surface area contributed by atoms with Crippen molar-refractivity contribution in [2.75, 3.05) is 17.6 Å². The van der Waals surface area contributed by atoms with E-state index in [-0.39, 0.29) is 12.5 Å². The van der Waals surface area contributed by atoms with E-state index in [1.165, 1.54) is 0 Å². The number of anilines is 1. The molecule has 0 bridgehead atoms. The van der Waals surface area contributed by atoms with E-state index >= 15 is 0 Å². The topological polar surface area (TPSA) is 140 Å². The van der Waals surface area contributed by atoms with Gasteiger partial charge in [0.25, 0.3) is 16.0 Å². The third-order valence-electron chi connectivity index (χ3n) is 8.53. The minimum Gasteiger partial charge on any atom is -0.473 e. The Morgan fingerprint density at radius 1 is 0.887 bits per heavy atom. The van der Waals surface area contributed by atoms with Crippen molar-refractivity contribution in [2.45, 2.75) is 38.7 Å². The van der Waals surface area contributed by atoms with E-state index in [0.29, 0.717) is 23.6 Å². The van der Waals surface area contributed by atoms with Crippen molar-refractivity contribution >= 4 is 44.5 Å². The van der Waals surface area contributed by atoms with Gasteiger partial charge in [0, 0.05) is 34.9 Å². The molecule has 53 heavy (non-hydrogen) atoms. The van der Waals surface area contributed by atoms with Gasteiger partial charge >= 0.3 is 0 Å². The third-order valence-corrected chi connectivity index (χ3v) is 9.25. The Hall–Kier alpha value is -5.91. The summed E-state index contributed by atoms with van der Waals surface area (Å²) in [5.41, 5.74) is 5.63. The molecule has 0 aliphatic rings. The lowest BCUT2D eigenvalue weighted by molar-refractivity contribution is -0.117. The average Bonchev–Trinajstić information content (AvgIpc) is 3.78. The van der Waals surface area contributed by atoms with Crippen LogP contribution in [-0.2, 0) is 26.1 Å². The molecule has 0 aliphatic heterocycles. The molecule has 11 heteroatoms. The number of aromatic nitrogens is 1. The van der Waals surface area contributed by atoms with Gasteiger partial charge in [0.1, 0.15) is 16.9 Å². The van der Waals surface area contributed by atoms with Crippen LogP contribution in [0, 0.1) is 0 Å². The summed E-state index contributed by atoms with van der Waals surface area (Å²) in [7, 11) is -4.20. The molecule has 2 heterocycles. The second-order valence-corrected chi connectivity index (χ2v) is 15.3. The van der Waals surface area contributed by atoms with Crippen molar-refractivity contribution in [3.63, 3.8) is 0 Å². The van der Waals surface area contributed by atoms with Gasteiger partial charge in [0.15, 0.2) is 5.88 Å². The number of hydrogen-bond acceptors (Lipinski definition) is 6. The minimum absolute atomic E-state index is 0.211. The van der Waals surface area contributed by atoms with E-state index in [4.69, 9.17) is 13.7 Å². The first-order valence-corrected chi connectivity index (χ1v) is 18.7. The quantitative estimate of drug-likeness (QED) is 0.0801. The van der Waals surface area contributed by atoms with Crippen LogP contribution in [0.3, 0.4) is 0 Å². The fraction of sp³-hybridized carbons (Fsp3) is 0.190. The van der Waals surface area contributed by atoms with Crippen molar-refractivity contribution in [2.24, 2.45) is 0 Å². The number of rotatable bonds is 13. The Morgan fingerprint density at radius 2 is 1.57 bits per heavy atom. The first-order chi connectivity index (χ1) is 25.2. The number of amides is 2. The Bertz CT molecular complexity index is 2320. The van der Waals surface area contributed by atoms with Crippen LogP contribution in [0.2, 0.25) is 0 Å². The number of nitrogens with zero attached hydrogens (tertiary/aromatic N) is 1. The summed E-state index contributed by atoms with van der Waals surface area (Å²) in [6, 6.07) is 35.8. The molecule has 4 aromatic carbocycles. The molecule has 0 spiro atoms. The normalized spacial score (nSPS) is 12.3. The van der Waals surface area contributed by atoms with Crippen LogP contribution in [-0.4, -0.2) is 47.3 Å². The predicted molar refractivity (Wildman–Crippen MR) is 208 cm³/mol. The molecule has 3 N–H and O–H groups in total. The molecular weight excluding hydrogens is 691 g/mol. The van der Waals surface area contributed by atoms with E-state index in [0.717, 1.165) is 44.7 Å². The molecule has 1 atom stereocenters. The summed E-state index contributed by atoms with van der Waals surface area (Å²) >= 11 is 0. The first kappa shape index (κ1) is 36.9. The van der Waals surface area contributed by atoms with Gasteiger partial charge in [0.2, 0.25) is 5.91 Å². The van der Waals surface area contributed by atoms with Crippen LogP contribution in [0.15, 0.2) is 132 Å². The smallest absolute Gasteiger partial charge is 0.266 e. The summed E-state index contributed by atoms with van der Waals surface area (Å²) in [5.74, 6) is -0.633. The summed E-state index contributed by atoms with van der Waals surface area (Å²) in [4.78, 5) is 26.6. The molecule has 2 amide bonds. The predicted octanol–water partition coefficient (Wildman–Crippen LogP) is 8.39. The summed E-state index contributed by atoms with van der Waals surface area (Å²) in [6.07, 6.45) is 2.23. The lowest BCUT2D eigenvalue weighted by Gasteiger charge is -2.24. The van der Waals surface area contributed by atoms with Crippen LogP contribution < -0.4 is 10.6 Å². The van der Waals surface area contributed by atoms with Crippen LogP contribution >= 0.6 is 0 Å². The zero-order chi connectivity index (χ0) is 37.8. The van der Waals surface area contributed by atoms with Crippen molar-refractivity contribution in [3.05, 3.63) is 145 Å². The number of furan rings is 1. The molecule has 1 unspecified atom stereocenters. The maximum Gasteiger partial charge on any atom is 0.266 e. The van der Waals surface area contributed by atoms with Gasteiger partial charge in [-0.1, -0.05) is 54.6 Å². The Balaban J connectivity index is 1.23. The number of hydrogen-bond donors (Lipinski definition) is 3. The van der Waals surface area contributed by atoms with E-state index in [9.17, 15) is 18.0 Å². The van der Waals surface area contributed by atoms with E-state index in [1.807, 2.05) is 123 Å². The third kappa shape index (κ3) is 9.50. The van der Waals surface area contributed by atoms with Gasteiger partial charge in [-0.15, -0.1) is 0 Å². The molecular formula is C42H41N3O7S. The van der Waals surface area contributed by atoms with Gasteiger partial charge in [-0.2, -0.15) is 8.42 Å². The maximum absolute atomic E-state index is 14.1. The van der Waals surface area contributed by atoms with Crippen molar-refractivity contribution < 1.29 is 31.7 Å². The highest BCUT2D eigenvalue weighted by molar-refractivity contribution is 7.85. The van der Waals surface area contributed by atoms with E-state index in [2.05, 4.69) is 17.2 Å². The molecule has 0 fully saturated rings. The Morgan fingerprint density at radius 3 is 2.23 bits per heavy atom. The number of carbonyl (C=O) groups is 2. The monoisotopic (exact) mass is 731 g/mol. The molecule has 272 valence electrons. The SMILES string of the molecule is C=C(OC(C)(C)C)n1cccc1-c1ccc(C(Cc2ccc(C(=O)NCCS(=O)(=O)O)cc2)C(=O)Nc2ccc(-c3cc4ccccc4o3)cc2)cc1. The first-order valence-electron chi connectivity index (χ1n) is 17.1. The molecule has 6 aromatic rings. The number of nitrogens with one attached hydrogen (secondary N) is 2. The lowest BCUT2D eigenvalue weighted by Crippen LogP contribution is -2.28. The second kappa shape index (κ2) is 15.4. The number of carbonyl (C=O) groups excluding carboxylic acids is 2. The highest BCUT2D eigenvalue weighted by atomic mass is 32.2. The molecule has 0 aliphatic carbocycles. The lowest BCUT2D eigenvalue weighted by atomic mass is 9.90. The van der Waals surface area contributed by atoms with Gasteiger partial charge in [-0.05, 0) is 111 Å². The van der Waals surface area contributed by atoms with Crippen molar-refractivity contribution in [1.29, 1.82) is 0 Å². The van der Waals surface area contributed by atoms with Crippen molar-refractivity contribution in [1.82, 2.24) is 9.88 Å². The standard InChI is InChI=1S/C42H41N3O7S/c1-28(52-42(2,3)4)45-24-7-9-37(45)31-17-15-30(16-18-31)36(26-29-11-13-33(14-12-29)40(46)43-23-25-53(48,49)50)41(47)44-35-21-19-32(20-22-35)39-27-34-8-5-6-10-38(34)51-39/h5-22,24,27,36H,1,23,25-26H2,2-4H3,(H,43,46)(H,44,47)(H,48,49,50). The zero-order valence-corrected chi connectivity index (χ0v) is 30.5. The molecule has 0 radical (unpaired) electrons. The summed E-state index contributed by atoms with van der Waals surface area (Å²) in [6.45, 7) is 9.79. The second-order valence-electron chi connectivity index (χ2n) is 13.7. The summed E-state index contributed by atoms with van der Waals surface area (Å²) < 4.78 is 44.9. The fourth-order valence-corrected chi connectivity index (χ4v) is 6.34.